The van der Waals surface area contributed by atoms with Crippen LogP contribution in [0, 0.1) is 5.92 Å². The molecular weight excluding hydrogens is 458 g/mol. The summed E-state index contributed by atoms with van der Waals surface area (Å²) < 4.78 is 0.836. The summed E-state index contributed by atoms with van der Waals surface area (Å²) >= 11 is 3.37. The van der Waals surface area contributed by atoms with Crippen molar-refractivity contribution in [2.45, 2.75) is 6.04 Å². The van der Waals surface area contributed by atoms with Crippen LogP contribution in [0.3, 0.4) is 0 Å². The van der Waals surface area contributed by atoms with Gasteiger partial charge < -0.3 is 0 Å². The van der Waals surface area contributed by atoms with Crippen molar-refractivity contribution < 1.29 is 14.4 Å². The van der Waals surface area contributed by atoms with Gasteiger partial charge in [0, 0.05) is 10.0 Å². The lowest BCUT2D eigenvalue weighted by Gasteiger charge is -2.22. The zero-order valence-corrected chi connectivity index (χ0v) is 17.8. The fourth-order valence-corrected chi connectivity index (χ4v) is 4.24. The first-order chi connectivity index (χ1) is 15.1. The minimum absolute atomic E-state index is 0.0815. The molecule has 6 nitrogen and oxygen atoms in total. The number of halogens is 1. The van der Waals surface area contributed by atoms with Gasteiger partial charge in [-0.3, -0.25) is 19.4 Å². The second-order valence-corrected chi connectivity index (χ2v) is 8.19. The number of rotatable bonds is 4. The van der Waals surface area contributed by atoms with Gasteiger partial charge in [0.25, 0.3) is 5.91 Å². The molecule has 0 spiro atoms. The molecular formula is C24H16BrN3O3. The number of fused-ring (bicyclic) bond motifs is 1. The van der Waals surface area contributed by atoms with Crippen LogP contribution < -0.4 is 9.91 Å². The topological polar surface area (TPSA) is 70.1 Å². The van der Waals surface area contributed by atoms with E-state index in [0.29, 0.717) is 16.9 Å². The maximum Gasteiger partial charge on any atom is 0.259 e. The number of hydrazone groups is 1. The predicted octanol–water partition coefficient (Wildman–Crippen LogP) is 4.07. The minimum atomic E-state index is -0.968. The number of imide groups is 1. The van der Waals surface area contributed by atoms with E-state index in [1.54, 1.807) is 60.7 Å². The SMILES string of the molecule is O=C(C1=NN(c2ccccc2)[C@@H]2C(=O)N(c3ccc(Br)cc3)C(=O)[C@H]12)c1ccccc1. The van der Waals surface area contributed by atoms with Gasteiger partial charge in [0.2, 0.25) is 11.7 Å². The molecule has 5 rings (SSSR count). The lowest BCUT2D eigenvalue weighted by atomic mass is 9.92. The van der Waals surface area contributed by atoms with Gasteiger partial charge in [-0.25, -0.2) is 4.90 Å². The smallest absolute Gasteiger partial charge is 0.259 e. The number of hydrogen-bond donors (Lipinski definition) is 0. The fourth-order valence-electron chi connectivity index (χ4n) is 3.98. The maximum absolute atomic E-state index is 13.4. The van der Waals surface area contributed by atoms with Gasteiger partial charge in [-0.2, -0.15) is 5.10 Å². The molecule has 7 heteroatoms. The molecule has 2 amide bonds. The standard InChI is InChI=1S/C24H16BrN3O3/c25-16-11-13-17(14-12-16)27-23(30)19-20(22(29)15-7-3-1-4-8-15)26-28(21(19)24(27)31)18-9-5-2-6-10-18/h1-14,19,21H/t19-,21+/m1/s1. The Morgan fingerprint density at radius 2 is 1.39 bits per heavy atom. The second-order valence-electron chi connectivity index (χ2n) is 7.27. The Hall–Kier alpha value is -3.58. The van der Waals surface area contributed by atoms with Crippen molar-refractivity contribution in [2.24, 2.45) is 11.0 Å². The molecule has 1 saturated heterocycles. The Bertz CT molecular complexity index is 1210. The van der Waals surface area contributed by atoms with E-state index in [9.17, 15) is 14.4 Å². The Labute approximate surface area is 186 Å². The van der Waals surface area contributed by atoms with Crippen molar-refractivity contribution in [3.63, 3.8) is 0 Å². The van der Waals surface area contributed by atoms with Crippen molar-refractivity contribution in [3.05, 3.63) is 95.0 Å². The van der Waals surface area contributed by atoms with Crippen LogP contribution in [0.15, 0.2) is 94.5 Å². The van der Waals surface area contributed by atoms with Crippen LogP contribution in [0.4, 0.5) is 11.4 Å². The van der Waals surface area contributed by atoms with E-state index >= 15 is 0 Å². The van der Waals surface area contributed by atoms with Crippen LogP contribution >= 0.6 is 15.9 Å². The van der Waals surface area contributed by atoms with E-state index in [1.165, 1.54) is 5.01 Å². The van der Waals surface area contributed by atoms with Crippen molar-refractivity contribution >= 4 is 50.6 Å². The number of nitrogens with zero attached hydrogens (tertiary/aromatic N) is 3. The summed E-state index contributed by atoms with van der Waals surface area (Å²) in [5.41, 5.74) is 1.62. The molecule has 0 aromatic heterocycles. The highest BCUT2D eigenvalue weighted by atomic mass is 79.9. The first kappa shape index (κ1) is 19.4. The molecule has 2 atom stereocenters. The molecule has 3 aromatic carbocycles. The van der Waals surface area contributed by atoms with Crippen LogP contribution in [0.1, 0.15) is 10.4 Å². The Morgan fingerprint density at radius 3 is 2.03 bits per heavy atom. The molecule has 31 heavy (non-hydrogen) atoms. The van der Waals surface area contributed by atoms with E-state index < -0.39 is 23.8 Å². The maximum atomic E-state index is 13.4. The molecule has 0 bridgehead atoms. The predicted molar refractivity (Wildman–Crippen MR) is 121 cm³/mol. The van der Waals surface area contributed by atoms with E-state index in [0.717, 1.165) is 9.37 Å². The third-order valence-electron chi connectivity index (χ3n) is 5.42. The molecule has 2 heterocycles. The van der Waals surface area contributed by atoms with Crippen LogP contribution in [-0.4, -0.2) is 29.4 Å². The van der Waals surface area contributed by atoms with Gasteiger partial charge in [-0.1, -0.05) is 64.5 Å². The van der Waals surface area contributed by atoms with Gasteiger partial charge in [-0.05, 0) is 36.4 Å². The average molecular weight is 474 g/mol. The number of anilines is 2. The summed E-state index contributed by atoms with van der Waals surface area (Å²) in [5, 5.41) is 5.99. The van der Waals surface area contributed by atoms with Gasteiger partial charge in [0.05, 0.1) is 11.4 Å². The summed E-state index contributed by atoms with van der Waals surface area (Å²) in [5.74, 6) is -2.17. The number of carbonyl (C=O) groups is 3. The van der Waals surface area contributed by atoms with Gasteiger partial charge in [-0.15, -0.1) is 0 Å². The molecule has 0 saturated carbocycles. The van der Waals surface area contributed by atoms with E-state index in [-0.39, 0.29) is 11.5 Å². The molecule has 2 aliphatic rings. The Balaban J connectivity index is 1.61. The number of hydrogen-bond acceptors (Lipinski definition) is 5. The van der Waals surface area contributed by atoms with Gasteiger partial charge >= 0.3 is 0 Å². The lowest BCUT2D eigenvalue weighted by molar-refractivity contribution is -0.121. The zero-order chi connectivity index (χ0) is 21.5. The monoisotopic (exact) mass is 473 g/mol. The number of Topliss-reactive ketones (excluding diaryl/α,β-unsaturated/α-hetero) is 1. The van der Waals surface area contributed by atoms with E-state index in [4.69, 9.17) is 0 Å². The Kier molecular flexibility index (Phi) is 4.75. The molecule has 0 N–H and O–H groups in total. The van der Waals surface area contributed by atoms with Crippen molar-refractivity contribution in [1.82, 2.24) is 0 Å². The van der Waals surface area contributed by atoms with Crippen molar-refractivity contribution in [3.8, 4) is 0 Å². The lowest BCUT2D eigenvalue weighted by Crippen LogP contribution is -2.39. The van der Waals surface area contributed by atoms with Gasteiger partial charge in [0.1, 0.15) is 17.7 Å². The van der Waals surface area contributed by atoms with Gasteiger partial charge in [0.15, 0.2) is 0 Å². The van der Waals surface area contributed by atoms with Crippen molar-refractivity contribution in [1.29, 1.82) is 0 Å². The summed E-state index contributed by atoms with van der Waals surface area (Å²) in [6.07, 6.45) is 0. The van der Waals surface area contributed by atoms with Crippen molar-refractivity contribution in [2.75, 3.05) is 9.91 Å². The Morgan fingerprint density at radius 1 is 0.774 bits per heavy atom. The molecule has 0 unspecified atom stereocenters. The van der Waals surface area contributed by atoms with Crippen LogP contribution in [0.5, 0.6) is 0 Å². The molecule has 152 valence electrons. The average Bonchev–Trinajstić information content (AvgIpc) is 3.32. The minimum Gasteiger partial charge on any atom is -0.287 e. The van der Waals surface area contributed by atoms with E-state index in [1.807, 2.05) is 24.3 Å². The normalized spacial score (nSPS) is 20.1. The summed E-state index contributed by atoms with van der Waals surface area (Å²) in [6, 6.07) is 23.8. The number of benzene rings is 3. The number of carbonyl (C=O) groups excluding carboxylic acids is 3. The quantitative estimate of drug-likeness (QED) is 0.423. The summed E-state index contributed by atoms with van der Waals surface area (Å²) in [7, 11) is 0. The fraction of sp³-hybridized carbons (Fsp3) is 0.0833. The summed E-state index contributed by atoms with van der Waals surface area (Å²) in [4.78, 5) is 41.3. The summed E-state index contributed by atoms with van der Waals surface area (Å²) in [6.45, 7) is 0. The van der Waals surface area contributed by atoms with Crippen LogP contribution in [0.25, 0.3) is 0 Å². The first-order valence-corrected chi connectivity index (χ1v) is 10.5. The number of ketones is 1. The molecule has 0 aliphatic carbocycles. The van der Waals surface area contributed by atoms with Crippen LogP contribution in [0.2, 0.25) is 0 Å². The zero-order valence-electron chi connectivity index (χ0n) is 16.2. The molecule has 2 aliphatic heterocycles. The molecule has 0 radical (unpaired) electrons. The first-order valence-electron chi connectivity index (χ1n) is 9.72. The largest absolute Gasteiger partial charge is 0.287 e. The van der Waals surface area contributed by atoms with E-state index in [2.05, 4.69) is 21.0 Å². The highest BCUT2D eigenvalue weighted by molar-refractivity contribution is 9.10. The van der Waals surface area contributed by atoms with Crippen LogP contribution in [-0.2, 0) is 9.59 Å². The number of amides is 2. The number of para-hydroxylation sites is 1. The second kappa shape index (κ2) is 7.59. The highest BCUT2D eigenvalue weighted by Crippen LogP contribution is 2.38. The highest BCUT2D eigenvalue weighted by Gasteiger charge is 2.58. The third-order valence-corrected chi connectivity index (χ3v) is 5.95. The molecule has 3 aromatic rings. The molecule has 1 fully saturated rings. The third kappa shape index (κ3) is 3.18.